The topological polar surface area (TPSA) is 79.5 Å². The Balaban J connectivity index is 1.79. The van der Waals surface area contributed by atoms with Crippen LogP contribution in [0, 0.1) is 13.8 Å². The van der Waals surface area contributed by atoms with Gasteiger partial charge in [0.25, 0.3) is 11.8 Å². The number of aryl methyl sites for hydroxylation is 2. The molecule has 2 amide bonds. The highest BCUT2D eigenvalue weighted by Gasteiger charge is 2.08. The van der Waals surface area contributed by atoms with Crippen LogP contribution in [0.15, 0.2) is 42.5 Å². The molecule has 0 saturated heterocycles. The minimum atomic E-state index is -0.386. The highest BCUT2D eigenvalue weighted by molar-refractivity contribution is 5.95. The van der Waals surface area contributed by atoms with Gasteiger partial charge in [0.15, 0.2) is 0 Å². The molecule has 0 aromatic heterocycles. The maximum absolute atomic E-state index is 12.0. The second-order valence-electron chi connectivity index (χ2n) is 5.63. The van der Waals surface area contributed by atoms with Crippen LogP contribution in [0.1, 0.15) is 28.4 Å². The maximum Gasteiger partial charge on any atom is 0.269 e. The third kappa shape index (κ3) is 5.53. The van der Waals surface area contributed by atoms with Crippen LogP contribution in [0.3, 0.4) is 0 Å². The fourth-order valence-corrected chi connectivity index (χ4v) is 2.30. The standard InChI is InChI=1S/C19H23N3O3/c1-4-25-16-8-6-15(7-9-16)19(24)22-21-18(23)12-20-17-10-5-13(2)11-14(17)3/h5-11,20H,4,12H2,1-3H3,(H,21,23)(H,22,24). The minimum absolute atomic E-state index is 0.0630. The van der Waals surface area contributed by atoms with Crippen LogP contribution < -0.4 is 20.9 Å². The van der Waals surface area contributed by atoms with Crippen molar-refractivity contribution in [2.45, 2.75) is 20.8 Å². The molecule has 6 heteroatoms. The molecular formula is C19H23N3O3. The van der Waals surface area contributed by atoms with E-state index in [1.807, 2.05) is 39.0 Å². The first-order valence-corrected chi connectivity index (χ1v) is 8.12. The molecule has 2 rings (SSSR count). The van der Waals surface area contributed by atoms with E-state index in [0.717, 1.165) is 16.8 Å². The number of ether oxygens (including phenoxy) is 1. The number of anilines is 1. The molecule has 0 aliphatic heterocycles. The van der Waals surface area contributed by atoms with Gasteiger partial charge in [-0.25, -0.2) is 0 Å². The number of hydrogen-bond acceptors (Lipinski definition) is 4. The van der Waals surface area contributed by atoms with Gasteiger partial charge in [-0.2, -0.15) is 0 Å². The zero-order chi connectivity index (χ0) is 18.2. The van der Waals surface area contributed by atoms with E-state index in [2.05, 4.69) is 16.2 Å². The van der Waals surface area contributed by atoms with Gasteiger partial charge >= 0.3 is 0 Å². The lowest BCUT2D eigenvalue weighted by molar-refractivity contribution is -0.120. The molecule has 132 valence electrons. The summed E-state index contributed by atoms with van der Waals surface area (Å²) in [5, 5.41) is 3.05. The smallest absolute Gasteiger partial charge is 0.269 e. The number of rotatable bonds is 6. The summed E-state index contributed by atoms with van der Waals surface area (Å²) < 4.78 is 5.32. The SMILES string of the molecule is CCOc1ccc(C(=O)NNC(=O)CNc2ccc(C)cc2C)cc1. The average Bonchev–Trinajstić information content (AvgIpc) is 2.60. The zero-order valence-electron chi connectivity index (χ0n) is 14.7. The quantitative estimate of drug-likeness (QED) is 0.706. The first kappa shape index (κ1) is 18.3. The van der Waals surface area contributed by atoms with Crippen molar-refractivity contribution in [1.29, 1.82) is 0 Å². The van der Waals surface area contributed by atoms with Gasteiger partial charge in [-0.15, -0.1) is 0 Å². The van der Waals surface area contributed by atoms with Crippen molar-refractivity contribution >= 4 is 17.5 Å². The summed E-state index contributed by atoms with van der Waals surface area (Å²) in [4.78, 5) is 23.9. The molecule has 6 nitrogen and oxygen atoms in total. The van der Waals surface area contributed by atoms with Gasteiger partial charge in [0, 0.05) is 11.3 Å². The third-order valence-corrected chi connectivity index (χ3v) is 3.56. The van der Waals surface area contributed by atoms with E-state index in [4.69, 9.17) is 4.74 Å². The monoisotopic (exact) mass is 341 g/mol. The third-order valence-electron chi connectivity index (χ3n) is 3.56. The van der Waals surface area contributed by atoms with Gasteiger partial charge < -0.3 is 10.1 Å². The largest absolute Gasteiger partial charge is 0.494 e. The van der Waals surface area contributed by atoms with Gasteiger partial charge in [-0.3, -0.25) is 20.4 Å². The Morgan fingerprint density at radius 3 is 2.36 bits per heavy atom. The number of benzene rings is 2. The van der Waals surface area contributed by atoms with Gasteiger partial charge in [0.1, 0.15) is 5.75 Å². The summed E-state index contributed by atoms with van der Waals surface area (Å²) in [6.07, 6.45) is 0. The van der Waals surface area contributed by atoms with Crippen LogP contribution in [-0.2, 0) is 4.79 Å². The molecule has 25 heavy (non-hydrogen) atoms. The van der Waals surface area contributed by atoms with E-state index in [1.54, 1.807) is 24.3 Å². The molecule has 3 N–H and O–H groups in total. The number of hydrazine groups is 1. The van der Waals surface area contributed by atoms with Gasteiger partial charge in [0.05, 0.1) is 13.2 Å². The predicted octanol–water partition coefficient (Wildman–Crippen LogP) is 2.58. The van der Waals surface area contributed by atoms with E-state index in [9.17, 15) is 9.59 Å². The van der Waals surface area contributed by atoms with Crippen molar-refractivity contribution in [3.05, 3.63) is 59.2 Å². The summed E-state index contributed by atoms with van der Waals surface area (Å²) in [6.45, 7) is 6.51. The number of amides is 2. The second kappa shape index (κ2) is 8.73. The normalized spacial score (nSPS) is 10.0. The van der Waals surface area contributed by atoms with Crippen molar-refractivity contribution in [1.82, 2.24) is 10.9 Å². The molecule has 0 radical (unpaired) electrons. The molecule has 0 aliphatic carbocycles. The molecule has 0 aliphatic rings. The number of carbonyl (C=O) groups is 2. The minimum Gasteiger partial charge on any atom is -0.494 e. The number of hydrogen-bond donors (Lipinski definition) is 3. The lowest BCUT2D eigenvalue weighted by Gasteiger charge is -2.11. The molecule has 2 aromatic carbocycles. The Labute approximate surface area is 147 Å². The summed E-state index contributed by atoms with van der Waals surface area (Å²) in [5.74, 6) is -0.0251. The first-order chi connectivity index (χ1) is 12.0. The van der Waals surface area contributed by atoms with Gasteiger partial charge in [-0.05, 0) is 56.7 Å². The van der Waals surface area contributed by atoms with Crippen molar-refractivity contribution in [3.8, 4) is 5.75 Å². The fourth-order valence-electron chi connectivity index (χ4n) is 2.30. The van der Waals surface area contributed by atoms with E-state index in [0.29, 0.717) is 17.9 Å². The molecule has 0 fully saturated rings. The van der Waals surface area contributed by atoms with Gasteiger partial charge in [-0.1, -0.05) is 17.7 Å². The Kier molecular flexibility index (Phi) is 6.39. The van der Waals surface area contributed by atoms with Crippen LogP contribution in [0.5, 0.6) is 5.75 Å². The predicted molar refractivity (Wildman–Crippen MR) is 97.6 cm³/mol. The molecule has 0 saturated carbocycles. The summed E-state index contributed by atoms with van der Waals surface area (Å²) in [6, 6.07) is 12.6. The second-order valence-corrected chi connectivity index (χ2v) is 5.63. The molecule has 0 atom stereocenters. The Hall–Kier alpha value is -3.02. The molecule has 0 bridgehead atoms. The molecular weight excluding hydrogens is 318 g/mol. The lowest BCUT2D eigenvalue weighted by atomic mass is 10.1. The Bertz CT molecular complexity index is 742. The number of carbonyl (C=O) groups excluding carboxylic acids is 2. The summed E-state index contributed by atoms with van der Waals surface area (Å²) >= 11 is 0. The van der Waals surface area contributed by atoms with E-state index in [-0.39, 0.29) is 18.4 Å². The highest BCUT2D eigenvalue weighted by Crippen LogP contribution is 2.15. The van der Waals surface area contributed by atoms with Crippen LogP contribution in [0.25, 0.3) is 0 Å². The average molecular weight is 341 g/mol. The van der Waals surface area contributed by atoms with E-state index in [1.165, 1.54) is 0 Å². The van der Waals surface area contributed by atoms with Crippen molar-refractivity contribution < 1.29 is 14.3 Å². The number of nitrogens with one attached hydrogen (secondary N) is 3. The van der Waals surface area contributed by atoms with Crippen molar-refractivity contribution in [3.63, 3.8) is 0 Å². The summed E-state index contributed by atoms with van der Waals surface area (Å²) in [7, 11) is 0. The highest BCUT2D eigenvalue weighted by atomic mass is 16.5. The Morgan fingerprint density at radius 1 is 1.00 bits per heavy atom. The maximum atomic E-state index is 12.0. The van der Waals surface area contributed by atoms with Crippen LogP contribution in [0.2, 0.25) is 0 Å². The van der Waals surface area contributed by atoms with Crippen molar-refractivity contribution in [2.75, 3.05) is 18.5 Å². The van der Waals surface area contributed by atoms with Crippen molar-refractivity contribution in [2.24, 2.45) is 0 Å². The first-order valence-electron chi connectivity index (χ1n) is 8.12. The summed E-state index contributed by atoms with van der Waals surface area (Å²) in [5.41, 5.74) is 8.33. The molecule has 0 heterocycles. The van der Waals surface area contributed by atoms with Crippen LogP contribution in [-0.4, -0.2) is 25.0 Å². The van der Waals surface area contributed by atoms with Gasteiger partial charge in [0.2, 0.25) is 0 Å². The zero-order valence-corrected chi connectivity index (χ0v) is 14.7. The molecule has 0 spiro atoms. The van der Waals surface area contributed by atoms with Crippen LogP contribution >= 0.6 is 0 Å². The fraction of sp³-hybridized carbons (Fsp3) is 0.263. The van der Waals surface area contributed by atoms with E-state index >= 15 is 0 Å². The molecule has 2 aromatic rings. The Morgan fingerprint density at radius 2 is 1.72 bits per heavy atom. The van der Waals surface area contributed by atoms with Crippen LogP contribution in [0.4, 0.5) is 5.69 Å². The lowest BCUT2D eigenvalue weighted by Crippen LogP contribution is -2.44. The molecule has 0 unspecified atom stereocenters. The van der Waals surface area contributed by atoms with E-state index < -0.39 is 0 Å².